The number of methoxy groups -OCH3 is 1. The summed E-state index contributed by atoms with van der Waals surface area (Å²) in [5.74, 6) is 1.66. The molecule has 0 saturated carbocycles. The van der Waals surface area contributed by atoms with Crippen molar-refractivity contribution in [3.8, 4) is 0 Å². The number of halogens is 1. The van der Waals surface area contributed by atoms with Gasteiger partial charge in [0.15, 0.2) is 5.96 Å². The minimum absolute atomic E-state index is 0. The second-order valence-corrected chi connectivity index (χ2v) is 6.52. The highest BCUT2D eigenvalue weighted by molar-refractivity contribution is 14.0. The summed E-state index contributed by atoms with van der Waals surface area (Å²) in [6.45, 7) is 12.7. The zero-order chi connectivity index (χ0) is 16.2. The minimum atomic E-state index is 0. The molecule has 1 unspecified atom stereocenters. The number of hydrogen-bond acceptors (Lipinski definition) is 3. The van der Waals surface area contributed by atoms with Crippen molar-refractivity contribution >= 4 is 29.9 Å². The Kier molecular flexibility index (Phi) is 14.2. The number of nitrogens with zero attached hydrogens (tertiary/aromatic N) is 2. The highest BCUT2D eigenvalue weighted by Crippen LogP contribution is 2.18. The van der Waals surface area contributed by atoms with Gasteiger partial charge in [-0.15, -0.1) is 24.0 Å². The molecular weight excluding hydrogens is 403 g/mol. The van der Waals surface area contributed by atoms with Gasteiger partial charge in [0.05, 0.1) is 6.54 Å². The van der Waals surface area contributed by atoms with Gasteiger partial charge in [-0.1, -0.05) is 13.8 Å². The van der Waals surface area contributed by atoms with Crippen molar-refractivity contribution in [2.75, 3.05) is 46.4 Å². The van der Waals surface area contributed by atoms with Gasteiger partial charge in [0, 0.05) is 32.8 Å². The lowest BCUT2D eigenvalue weighted by Gasteiger charge is -2.28. The molecule has 1 fully saturated rings. The summed E-state index contributed by atoms with van der Waals surface area (Å²) >= 11 is 0. The van der Waals surface area contributed by atoms with Crippen molar-refractivity contribution < 1.29 is 4.74 Å². The molecule has 1 heterocycles. The quantitative estimate of drug-likeness (QED) is 0.237. The highest BCUT2D eigenvalue weighted by atomic mass is 127. The predicted octanol–water partition coefficient (Wildman–Crippen LogP) is 2.71. The van der Waals surface area contributed by atoms with Crippen molar-refractivity contribution in [3.05, 3.63) is 0 Å². The number of likely N-dealkylation sites (tertiary alicyclic amines) is 1. The molecule has 0 radical (unpaired) electrons. The molecule has 0 aliphatic carbocycles. The summed E-state index contributed by atoms with van der Waals surface area (Å²) in [7, 11) is 1.74. The molecule has 23 heavy (non-hydrogen) atoms. The highest BCUT2D eigenvalue weighted by Gasteiger charge is 2.22. The van der Waals surface area contributed by atoms with Crippen LogP contribution in [0.15, 0.2) is 4.99 Å². The maximum Gasteiger partial charge on any atom is 0.191 e. The molecule has 0 aromatic carbocycles. The largest absolute Gasteiger partial charge is 0.385 e. The van der Waals surface area contributed by atoms with Gasteiger partial charge in [0.2, 0.25) is 0 Å². The second-order valence-electron chi connectivity index (χ2n) is 6.52. The zero-order valence-corrected chi connectivity index (χ0v) is 17.8. The first-order chi connectivity index (χ1) is 10.7. The molecule has 1 aliphatic heterocycles. The fourth-order valence-electron chi connectivity index (χ4n) is 2.95. The van der Waals surface area contributed by atoms with Gasteiger partial charge in [-0.2, -0.15) is 0 Å². The standard InChI is InChI=1S/C17H36N4O.HI/c1-5-18-17(19-9-8-12-22-4)20-14-16(13-15(2)3)21-10-6-7-11-21;/h15-16H,5-14H2,1-4H3,(H2,18,19,20);1H. The Labute approximate surface area is 160 Å². The van der Waals surface area contributed by atoms with E-state index in [4.69, 9.17) is 9.73 Å². The number of nitrogens with one attached hydrogen (secondary N) is 2. The van der Waals surface area contributed by atoms with Gasteiger partial charge >= 0.3 is 0 Å². The van der Waals surface area contributed by atoms with Crippen LogP contribution in [0.5, 0.6) is 0 Å². The van der Waals surface area contributed by atoms with Crippen molar-refractivity contribution in [1.82, 2.24) is 15.5 Å². The van der Waals surface area contributed by atoms with Crippen LogP contribution in [0.2, 0.25) is 0 Å². The molecule has 1 saturated heterocycles. The molecule has 0 aromatic rings. The Hall–Kier alpha value is -0.0800. The number of guanidine groups is 1. The number of aliphatic imine (C=N–C) groups is 1. The summed E-state index contributed by atoms with van der Waals surface area (Å²) in [5.41, 5.74) is 0. The third-order valence-corrected chi connectivity index (χ3v) is 4.02. The maximum absolute atomic E-state index is 5.09. The Morgan fingerprint density at radius 1 is 1.22 bits per heavy atom. The predicted molar refractivity (Wildman–Crippen MR) is 110 cm³/mol. The summed E-state index contributed by atoms with van der Waals surface area (Å²) < 4.78 is 5.09. The van der Waals surface area contributed by atoms with Crippen LogP contribution in [0.3, 0.4) is 0 Å². The topological polar surface area (TPSA) is 48.9 Å². The second kappa shape index (κ2) is 14.3. The van der Waals surface area contributed by atoms with Crippen LogP contribution in [0.1, 0.15) is 46.5 Å². The molecule has 0 aromatic heterocycles. The molecule has 138 valence electrons. The number of hydrogen-bond donors (Lipinski definition) is 2. The maximum atomic E-state index is 5.09. The lowest BCUT2D eigenvalue weighted by atomic mass is 10.0. The molecule has 1 rings (SSSR count). The first-order valence-electron chi connectivity index (χ1n) is 8.92. The van der Waals surface area contributed by atoms with Gasteiger partial charge in [0.1, 0.15) is 0 Å². The van der Waals surface area contributed by atoms with E-state index in [2.05, 4.69) is 36.3 Å². The van der Waals surface area contributed by atoms with E-state index in [9.17, 15) is 0 Å². The normalized spacial score (nSPS) is 17.2. The lowest BCUT2D eigenvalue weighted by molar-refractivity contribution is 0.195. The fourth-order valence-corrected chi connectivity index (χ4v) is 2.95. The molecule has 2 N–H and O–H groups in total. The van der Waals surface area contributed by atoms with Crippen molar-refractivity contribution in [2.24, 2.45) is 10.9 Å². The first kappa shape index (κ1) is 22.9. The van der Waals surface area contributed by atoms with Gasteiger partial charge < -0.3 is 15.4 Å². The molecule has 1 atom stereocenters. The molecule has 5 nitrogen and oxygen atoms in total. The Bertz CT molecular complexity index is 307. The van der Waals surface area contributed by atoms with E-state index < -0.39 is 0 Å². The van der Waals surface area contributed by atoms with E-state index in [1.807, 2.05) is 0 Å². The Balaban J connectivity index is 0.00000484. The first-order valence-corrected chi connectivity index (χ1v) is 8.92. The van der Waals surface area contributed by atoms with Crippen LogP contribution in [0.25, 0.3) is 0 Å². The van der Waals surface area contributed by atoms with Crippen molar-refractivity contribution in [3.63, 3.8) is 0 Å². The van der Waals surface area contributed by atoms with Crippen LogP contribution >= 0.6 is 24.0 Å². The van der Waals surface area contributed by atoms with Crippen LogP contribution < -0.4 is 10.6 Å². The van der Waals surface area contributed by atoms with E-state index in [1.54, 1.807) is 7.11 Å². The lowest BCUT2D eigenvalue weighted by Crippen LogP contribution is -2.41. The van der Waals surface area contributed by atoms with Crippen molar-refractivity contribution in [2.45, 2.75) is 52.5 Å². The van der Waals surface area contributed by atoms with Gasteiger partial charge in [-0.3, -0.25) is 9.89 Å². The van der Waals surface area contributed by atoms with Crippen LogP contribution in [0, 0.1) is 5.92 Å². The third kappa shape index (κ3) is 10.4. The van der Waals surface area contributed by atoms with E-state index in [-0.39, 0.29) is 24.0 Å². The minimum Gasteiger partial charge on any atom is -0.385 e. The molecule has 0 spiro atoms. The van der Waals surface area contributed by atoms with Gasteiger partial charge in [-0.05, 0) is 51.6 Å². The molecule has 0 amide bonds. The average Bonchev–Trinajstić information content (AvgIpc) is 3.01. The summed E-state index contributed by atoms with van der Waals surface area (Å²) in [6, 6.07) is 0.580. The molecular formula is C17H37IN4O. The monoisotopic (exact) mass is 440 g/mol. The Morgan fingerprint density at radius 2 is 1.91 bits per heavy atom. The fraction of sp³-hybridized carbons (Fsp3) is 0.941. The van der Waals surface area contributed by atoms with Crippen molar-refractivity contribution in [1.29, 1.82) is 0 Å². The number of rotatable bonds is 10. The Morgan fingerprint density at radius 3 is 2.48 bits per heavy atom. The van der Waals surface area contributed by atoms with Gasteiger partial charge in [-0.25, -0.2) is 0 Å². The number of ether oxygens (including phenoxy) is 1. The van der Waals surface area contributed by atoms with E-state index >= 15 is 0 Å². The van der Waals surface area contributed by atoms with E-state index in [0.29, 0.717) is 6.04 Å². The van der Waals surface area contributed by atoms with Gasteiger partial charge in [0.25, 0.3) is 0 Å². The van der Waals surface area contributed by atoms with Crippen LogP contribution in [-0.2, 0) is 4.74 Å². The van der Waals surface area contributed by atoms with E-state index in [1.165, 1.54) is 32.4 Å². The van der Waals surface area contributed by atoms with E-state index in [0.717, 1.165) is 44.5 Å². The molecule has 0 bridgehead atoms. The van der Waals surface area contributed by atoms with Crippen LogP contribution in [-0.4, -0.2) is 63.3 Å². The third-order valence-electron chi connectivity index (χ3n) is 4.02. The molecule has 6 heteroatoms. The summed E-state index contributed by atoms with van der Waals surface area (Å²) in [4.78, 5) is 7.44. The smallest absolute Gasteiger partial charge is 0.191 e. The summed E-state index contributed by atoms with van der Waals surface area (Å²) in [6.07, 6.45) is 4.91. The summed E-state index contributed by atoms with van der Waals surface area (Å²) in [5, 5.41) is 6.73. The van der Waals surface area contributed by atoms with Crippen LogP contribution in [0.4, 0.5) is 0 Å². The zero-order valence-electron chi connectivity index (χ0n) is 15.4. The average molecular weight is 440 g/mol. The SMILES string of the molecule is CCNC(=NCC(CC(C)C)N1CCCC1)NCCCOC.I. The molecule has 1 aliphatic rings.